The van der Waals surface area contributed by atoms with Crippen LogP contribution in [0.2, 0.25) is 0 Å². The second-order valence-electron chi connectivity index (χ2n) is 10.2. The van der Waals surface area contributed by atoms with E-state index in [1.165, 1.54) is 22.8 Å². The summed E-state index contributed by atoms with van der Waals surface area (Å²) in [6.45, 7) is 12.0. The van der Waals surface area contributed by atoms with Gasteiger partial charge in [-0.05, 0) is 67.7 Å². The van der Waals surface area contributed by atoms with Gasteiger partial charge in [0.1, 0.15) is 5.75 Å². The molecule has 0 amide bonds. The summed E-state index contributed by atoms with van der Waals surface area (Å²) in [5, 5.41) is 0. The molecule has 222 valence electrons. The van der Waals surface area contributed by atoms with Gasteiger partial charge in [-0.2, -0.15) is 0 Å². The van der Waals surface area contributed by atoms with Gasteiger partial charge in [-0.15, -0.1) is 0 Å². The Kier molecular flexibility index (Phi) is 10.0. The minimum atomic E-state index is -0.835. The van der Waals surface area contributed by atoms with Crippen molar-refractivity contribution in [1.29, 1.82) is 0 Å². The molecule has 0 saturated carbocycles. The maximum absolute atomic E-state index is 14.0. The minimum Gasteiger partial charge on any atom is -0.494 e. The van der Waals surface area contributed by atoms with Gasteiger partial charge in [0, 0.05) is 6.92 Å². The molecule has 2 aromatic carbocycles. The van der Waals surface area contributed by atoms with Crippen molar-refractivity contribution < 1.29 is 28.5 Å². The van der Waals surface area contributed by atoms with E-state index in [1.807, 2.05) is 52.0 Å². The molecule has 0 radical (unpaired) electrons. The predicted molar refractivity (Wildman–Crippen MR) is 161 cm³/mol. The van der Waals surface area contributed by atoms with Crippen molar-refractivity contribution >= 4 is 29.4 Å². The highest BCUT2D eigenvalue weighted by Gasteiger charge is 2.34. The number of allylic oxidation sites excluding steroid dienone is 1. The molecule has 0 spiro atoms. The number of hydrogen-bond donors (Lipinski definition) is 0. The molecule has 4 rings (SSSR count). The highest BCUT2D eigenvalue weighted by atomic mass is 32.1. The molecule has 3 aromatic rings. The molecule has 1 aliphatic heterocycles. The maximum Gasteiger partial charge on any atom is 0.338 e. The lowest BCUT2D eigenvalue weighted by atomic mass is 9.95. The van der Waals surface area contributed by atoms with Crippen molar-refractivity contribution in [3.05, 3.63) is 84.5 Å². The first-order chi connectivity index (χ1) is 20.1. The summed E-state index contributed by atoms with van der Waals surface area (Å²) < 4.78 is 24.4. The Labute approximate surface area is 248 Å². The van der Waals surface area contributed by atoms with Crippen LogP contribution in [0, 0.1) is 5.92 Å². The average molecular weight is 593 g/mol. The van der Waals surface area contributed by atoms with Crippen LogP contribution in [0.4, 0.5) is 0 Å². The number of ether oxygens (including phenoxy) is 4. The Bertz CT molecular complexity index is 1670. The number of thiazole rings is 1. The zero-order chi connectivity index (χ0) is 30.4. The first-order valence-electron chi connectivity index (χ1n) is 14.0. The molecule has 9 nitrogen and oxygen atoms in total. The van der Waals surface area contributed by atoms with E-state index < -0.39 is 18.0 Å². The molecule has 10 heteroatoms. The third-order valence-electron chi connectivity index (χ3n) is 6.28. The number of carbonyl (C=O) groups excluding carboxylic acids is 2. The topological polar surface area (TPSA) is 105 Å². The van der Waals surface area contributed by atoms with Crippen molar-refractivity contribution in [2.75, 3.05) is 19.8 Å². The summed E-state index contributed by atoms with van der Waals surface area (Å²) in [7, 11) is 0. The van der Waals surface area contributed by atoms with Gasteiger partial charge in [-0.1, -0.05) is 50.3 Å². The van der Waals surface area contributed by atoms with Crippen LogP contribution in [0.15, 0.2) is 63.5 Å². The van der Waals surface area contributed by atoms with E-state index >= 15 is 0 Å². The molecule has 42 heavy (non-hydrogen) atoms. The number of aromatic nitrogens is 1. The van der Waals surface area contributed by atoms with E-state index in [-0.39, 0.29) is 29.4 Å². The van der Waals surface area contributed by atoms with E-state index in [1.54, 1.807) is 31.2 Å². The normalized spacial score (nSPS) is 14.8. The van der Waals surface area contributed by atoms with E-state index in [4.69, 9.17) is 18.9 Å². The van der Waals surface area contributed by atoms with Gasteiger partial charge in [0.05, 0.1) is 41.7 Å². The molecule has 0 bridgehead atoms. The number of benzene rings is 2. The molecule has 1 unspecified atom stereocenters. The highest BCUT2D eigenvalue weighted by molar-refractivity contribution is 7.07. The number of hydrogen-bond acceptors (Lipinski definition) is 9. The summed E-state index contributed by atoms with van der Waals surface area (Å²) in [5.41, 5.74) is 1.84. The van der Waals surface area contributed by atoms with Crippen LogP contribution in [0.5, 0.6) is 17.2 Å². The lowest BCUT2D eigenvalue weighted by Crippen LogP contribution is -2.40. The van der Waals surface area contributed by atoms with E-state index in [0.29, 0.717) is 39.6 Å². The monoisotopic (exact) mass is 592 g/mol. The van der Waals surface area contributed by atoms with Crippen LogP contribution >= 0.6 is 11.3 Å². The Morgan fingerprint density at radius 3 is 2.45 bits per heavy atom. The number of esters is 2. The molecule has 1 atom stereocenters. The number of fused-ring (bicyclic) bond motifs is 1. The predicted octanol–water partition coefficient (Wildman–Crippen LogP) is 4.55. The fourth-order valence-corrected chi connectivity index (χ4v) is 5.50. The van der Waals surface area contributed by atoms with Crippen LogP contribution in [-0.4, -0.2) is 36.3 Å². The van der Waals surface area contributed by atoms with Crippen molar-refractivity contribution in [3.8, 4) is 17.2 Å². The zero-order valence-electron chi connectivity index (χ0n) is 24.8. The van der Waals surface area contributed by atoms with Crippen LogP contribution < -0.4 is 29.1 Å². The molecule has 0 N–H and O–H groups in total. The largest absolute Gasteiger partial charge is 0.494 e. The lowest BCUT2D eigenvalue weighted by Gasteiger charge is -2.25. The van der Waals surface area contributed by atoms with Crippen molar-refractivity contribution in [2.45, 2.75) is 54.0 Å². The van der Waals surface area contributed by atoms with Crippen LogP contribution in [0.25, 0.3) is 6.08 Å². The first kappa shape index (κ1) is 30.8. The van der Waals surface area contributed by atoms with Crippen molar-refractivity contribution in [1.82, 2.24) is 4.57 Å². The third kappa shape index (κ3) is 6.99. The molecule has 1 aromatic heterocycles. The summed E-state index contributed by atoms with van der Waals surface area (Å²) in [6.07, 6.45) is 2.71. The maximum atomic E-state index is 14.0. The Hall–Kier alpha value is -4.18. The van der Waals surface area contributed by atoms with Gasteiger partial charge in [0.2, 0.25) is 0 Å². The van der Waals surface area contributed by atoms with E-state index in [9.17, 15) is 14.4 Å². The van der Waals surface area contributed by atoms with Gasteiger partial charge in [0.25, 0.3) is 5.56 Å². The molecule has 0 fully saturated rings. The molecule has 2 heterocycles. The molecule has 0 aliphatic carbocycles. The Morgan fingerprint density at radius 1 is 1.07 bits per heavy atom. The molecular formula is C32H36N2O7S. The van der Waals surface area contributed by atoms with Crippen LogP contribution in [-0.2, 0) is 14.3 Å². The van der Waals surface area contributed by atoms with Crippen molar-refractivity contribution in [2.24, 2.45) is 10.9 Å². The van der Waals surface area contributed by atoms with Gasteiger partial charge in [-0.25, -0.2) is 9.79 Å². The zero-order valence-corrected chi connectivity index (χ0v) is 25.6. The Morgan fingerprint density at radius 2 is 1.81 bits per heavy atom. The van der Waals surface area contributed by atoms with Crippen LogP contribution in [0.3, 0.4) is 0 Å². The van der Waals surface area contributed by atoms with Crippen LogP contribution in [0.1, 0.15) is 65.1 Å². The third-order valence-corrected chi connectivity index (χ3v) is 7.26. The second-order valence-corrected chi connectivity index (χ2v) is 11.2. The van der Waals surface area contributed by atoms with Crippen molar-refractivity contribution in [3.63, 3.8) is 0 Å². The molecular weight excluding hydrogens is 556 g/mol. The van der Waals surface area contributed by atoms with Gasteiger partial charge in [-0.3, -0.25) is 14.2 Å². The lowest BCUT2D eigenvalue weighted by molar-refractivity contribution is -0.140. The fraction of sp³-hybridized carbons (Fsp3) is 0.375. The SMILES string of the molecule is CCCOc1ccc(C=c2sc3n(c2=O)C(c2ccc(OC(C)=O)c(OCC)c2)C(C(=O)OCC(C)C)=C(C)N=3)cc1. The second kappa shape index (κ2) is 13.7. The Balaban J connectivity index is 1.86. The number of rotatable bonds is 11. The quantitative estimate of drug-likeness (QED) is 0.238. The minimum absolute atomic E-state index is 0.126. The summed E-state index contributed by atoms with van der Waals surface area (Å²) in [4.78, 5) is 44.2. The fourth-order valence-electron chi connectivity index (χ4n) is 4.45. The standard InChI is InChI=1S/C32H36N2O7S/c1-7-15-39-24-12-9-22(10-13-24)16-27-30(36)34-29(23-11-14-25(41-21(6)35)26(17-23)38-8-2)28(20(5)33-32(34)42-27)31(37)40-18-19(3)4/h9-14,16-17,19,29H,7-8,15,18H2,1-6H3. The highest BCUT2D eigenvalue weighted by Crippen LogP contribution is 2.36. The summed E-state index contributed by atoms with van der Waals surface area (Å²) in [5.74, 6) is 0.418. The smallest absolute Gasteiger partial charge is 0.338 e. The number of carbonyl (C=O) groups is 2. The van der Waals surface area contributed by atoms with E-state index in [0.717, 1.165) is 17.7 Å². The molecule has 0 saturated heterocycles. The summed E-state index contributed by atoms with van der Waals surface area (Å²) >= 11 is 1.25. The van der Waals surface area contributed by atoms with Gasteiger partial charge in [0.15, 0.2) is 16.3 Å². The first-order valence-corrected chi connectivity index (χ1v) is 14.8. The average Bonchev–Trinajstić information content (AvgIpc) is 3.25. The van der Waals surface area contributed by atoms with E-state index in [2.05, 4.69) is 4.99 Å². The van der Waals surface area contributed by atoms with Gasteiger partial charge < -0.3 is 18.9 Å². The van der Waals surface area contributed by atoms with Gasteiger partial charge >= 0.3 is 11.9 Å². The molecule has 1 aliphatic rings. The summed E-state index contributed by atoms with van der Waals surface area (Å²) in [6, 6.07) is 11.7. The number of nitrogens with zero attached hydrogens (tertiary/aromatic N) is 2.